The normalized spacial score (nSPS) is 10.3. The Morgan fingerprint density at radius 2 is 1.62 bits per heavy atom. The molecule has 0 aliphatic heterocycles. The highest BCUT2D eigenvalue weighted by molar-refractivity contribution is 5.92. The molecule has 0 heterocycles. The number of hydrogen-bond donors (Lipinski definition) is 1. The number of amides is 1. The molecule has 3 rings (SSSR count). The van der Waals surface area contributed by atoms with Crippen molar-refractivity contribution in [2.24, 2.45) is 0 Å². The summed E-state index contributed by atoms with van der Waals surface area (Å²) in [4.78, 5) is 23.4. The summed E-state index contributed by atoms with van der Waals surface area (Å²) in [5.74, 6) is -1.04. The van der Waals surface area contributed by atoms with Gasteiger partial charge in [0.25, 0.3) is 5.91 Å². The van der Waals surface area contributed by atoms with Gasteiger partial charge in [0.15, 0.2) is 13.2 Å². The van der Waals surface area contributed by atoms with E-state index in [4.69, 9.17) is 9.47 Å². The number of ether oxygens (including phenoxy) is 2. The van der Waals surface area contributed by atoms with E-state index in [-0.39, 0.29) is 6.61 Å². The smallest absolute Gasteiger partial charge is 0.344 e. The van der Waals surface area contributed by atoms with Crippen LogP contribution in [0.25, 0.3) is 10.8 Å². The molecule has 0 aliphatic rings. The van der Waals surface area contributed by atoms with E-state index in [0.717, 1.165) is 10.8 Å². The van der Waals surface area contributed by atoms with E-state index >= 15 is 0 Å². The summed E-state index contributed by atoms with van der Waals surface area (Å²) in [6.07, 6.45) is 0. The third-order valence-electron chi connectivity index (χ3n) is 3.57. The lowest BCUT2D eigenvalue weighted by Crippen LogP contribution is -2.23. The quantitative estimate of drug-likeness (QED) is 0.689. The Kier molecular flexibility index (Phi) is 5.43. The first-order chi connectivity index (χ1) is 12.6. The van der Waals surface area contributed by atoms with Gasteiger partial charge in [-0.05, 0) is 47.2 Å². The van der Waals surface area contributed by atoms with Gasteiger partial charge >= 0.3 is 5.97 Å². The number of esters is 1. The summed E-state index contributed by atoms with van der Waals surface area (Å²) in [5.41, 5.74) is 0.417. The van der Waals surface area contributed by atoms with Crippen LogP contribution in [0, 0.1) is 5.82 Å². The summed E-state index contributed by atoms with van der Waals surface area (Å²) in [6, 6.07) is 18.5. The van der Waals surface area contributed by atoms with Gasteiger partial charge in [0.2, 0.25) is 0 Å². The molecule has 0 aliphatic carbocycles. The van der Waals surface area contributed by atoms with Gasteiger partial charge in [-0.2, -0.15) is 0 Å². The Bertz CT molecular complexity index is 925. The Morgan fingerprint density at radius 1 is 0.885 bits per heavy atom. The molecular weight excluding hydrogens is 337 g/mol. The first-order valence-corrected chi connectivity index (χ1v) is 7.93. The second-order valence-electron chi connectivity index (χ2n) is 5.51. The molecule has 0 saturated carbocycles. The van der Waals surface area contributed by atoms with Crippen LogP contribution in [-0.2, 0) is 14.3 Å². The molecule has 3 aromatic carbocycles. The van der Waals surface area contributed by atoms with Crippen molar-refractivity contribution in [3.63, 3.8) is 0 Å². The minimum atomic E-state index is -0.660. The zero-order chi connectivity index (χ0) is 18.4. The van der Waals surface area contributed by atoms with Crippen molar-refractivity contribution in [3.8, 4) is 5.75 Å². The van der Waals surface area contributed by atoms with Gasteiger partial charge in [0.1, 0.15) is 11.6 Å². The van der Waals surface area contributed by atoms with E-state index in [0.29, 0.717) is 11.4 Å². The molecular formula is C20H16FNO4. The second-order valence-corrected chi connectivity index (χ2v) is 5.51. The van der Waals surface area contributed by atoms with Crippen molar-refractivity contribution in [1.29, 1.82) is 0 Å². The van der Waals surface area contributed by atoms with Crippen LogP contribution in [0.2, 0.25) is 0 Å². The van der Waals surface area contributed by atoms with E-state index in [1.54, 1.807) is 6.07 Å². The molecule has 6 heteroatoms. The highest BCUT2D eigenvalue weighted by Crippen LogP contribution is 2.20. The lowest BCUT2D eigenvalue weighted by Gasteiger charge is -2.08. The molecule has 0 radical (unpaired) electrons. The van der Waals surface area contributed by atoms with Crippen LogP contribution >= 0.6 is 0 Å². The number of hydrogen-bond acceptors (Lipinski definition) is 4. The first kappa shape index (κ1) is 17.4. The zero-order valence-corrected chi connectivity index (χ0v) is 13.8. The van der Waals surface area contributed by atoms with E-state index < -0.39 is 24.3 Å². The number of halogens is 1. The van der Waals surface area contributed by atoms with Gasteiger partial charge in [0, 0.05) is 5.69 Å². The lowest BCUT2D eigenvalue weighted by molar-refractivity contribution is -0.149. The Hall–Kier alpha value is -3.41. The molecule has 5 nitrogen and oxygen atoms in total. The molecule has 0 spiro atoms. The third-order valence-corrected chi connectivity index (χ3v) is 3.57. The van der Waals surface area contributed by atoms with Gasteiger partial charge in [-0.3, -0.25) is 4.79 Å². The highest BCUT2D eigenvalue weighted by Gasteiger charge is 2.09. The first-order valence-electron chi connectivity index (χ1n) is 7.93. The molecule has 0 unspecified atom stereocenters. The number of rotatable bonds is 6. The topological polar surface area (TPSA) is 64.6 Å². The van der Waals surface area contributed by atoms with Gasteiger partial charge in [-0.1, -0.05) is 30.3 Å². The fourth-order valence-electron chi connectivity index (χ4n) is 2.32. The van der Waals surface area contributed by atoms with Crippen LogP contribution in [0.15, 0.2) is 66.7 Å². The number of benzene rings is 3. The van der Waals surface area contributed by atoms with Gasteiger partial charge < -0.3 is 14.8 Å². The van der Waals surface area contributed by atoms with E-state index in [9.17, 15) is 14.0 Å². The van der Waals surface area contributed by atoms with Crippen molar-refractivity contribution in [1.82, 2.24) is 0 Å². The molecule has 26 heavy (non-hydrogen) atoms. The predicted octanol–water partition coefficient (Wildman–Crippen LogP) is 3.54. The van der Waals surface area contributed by atoms with Crippen LogP contribution < -0.4 is 10.1 Å². The van der Waals surface area contributed by atoms with Crippen LogP contribution in [0.4, 0.5) is 10.1 Å². The highest BCUT2D eigenvalue weighted by atomic mass is 19.1. The van der Waals surface area contributed by atoms with Crippen LogP contribution in [-0.4, -0.2) is 25.1 Å². The maximum atomic E-state index is 12.8. The predicted molar refractivity (Wildman–Crippen MR) is 95.4 cm³/mol. The van der Waals surface area contributed by atoms with E-state index in [1.807, 2.05) is 36.4 Å². The minimum absolute atomic E-state index is 0.303. The Labute approximate surface area is 149 Å². The van der Waals surface area contributed by atoms with Crippen molar-refractivity contribution in [2.75, 3.05) is 18.5 Å². The van der Waals surface area contributed by atoms with Crippen molar-refractivity contribution < 1.29 is 23.5 Å². The van der Waals surface area contributed by atoms with Gasteiger partial charge in [-0.25, -0.2) is 9.18 Å². The number of carbonyl (C=O) groups excluding carboxylic acids is 2. The van der Waals surface area contributed by atoms with Crippen molar-refractivity contribution in [2.45, 2.75) is 0 Å². The zero-order valence-electron chi connectivity index (χ0n) is 13.8. The maximum Gasteiger partial charge on any atom is 0.344 e. The maximum absolute atomic E-state index is 12.8. The van der Waals surface area contributed by atoms with Crippen LogP contribution in [0.5, 0.6) is 5.75 Å². The summed E-state index contributed by atoms with van der Waals surface area (Å²) >= 11 is 0. The van der Waals surface area contributed by atoms with E-state index in [1.165, 1.54) is 24.3 Å². The molecule has 1 N–H and O–H groups in total. The van der Waals surface area contributed by atoms with Gasteiger partial charge in [0.05, 0.1) is 0 Å². The van der Waals surface area contributed by atoms with Crippen LogP contribution in [0.3, 0.4) is 0 Å². The second kappa shape index (κ2) is 8.11. The number of carbonyl (C=O) groups is 2. The van der Waals surface area contributed by atoms with Crippen LogP contribution in [0.1, 0.15) is 0 Å². The molecule has 0 aromatic heterocycles. The van der Waals surface area contributed by atoms with Gasteiger partial charge in [-0.15, -0.1) is 0 Å². The monoisotopic (exact) mass is 353 g/mol. The van der Waals surface area contributed by atoms with Crippen molar-refractivity contribution >= 4 is 28.3 Å². The molecule has 1 amide bonds. The molecule has 3 aromatic rings. The number of nitrogens with one attached hydrogen (secondary N) is 1. The molecule has 0 bridgehead atoms. The Morgan fingerprint density at radius 3 is 2.38 bits per heavy atom. The fraction of sp³-hybridized carbons (Fsp3) is 0.100. The fourth-order valence-corrected chi connectivity index (χ4v) is 2.32. The largest absolute Gasteiger partial charge is 0.482 e. The number of fused-ring (bicyclic) bond motifs is 1. The SMILES string of the molecule is O=C(COC(=O)COc1ccc2ccccc2c1)Nc1ccc(F)cc1. The summed E-state index contributed by atoms with van der Waals surface area (Å²) in [5, 5.41) is 4.56. The standard InChI is InChI=1S/C20H16FNO4/c21-16-6-8-17(9-7-16)22-19(23)12-26-20(24)13-25-18-10-5-14-3-1-2-4-15(14)11-18/h1-11H,12-13H2,(H,22,23). The average molecular weight is 353 g/mol. The number of anilines is 1. The lowest BCUT2D eigenvalue weighted by atomic mass is 10.1. The van der Waals surface area contributed by atoms with E-state index in [2.05, 4.69) is 5.32 Å². The minimum Gasteiger partial charge on any atom is -0.482 e. The average Bonchev–Trinajstić information content (AvgIpc) is 2.66. The molecule has 132 valence electrons. The summed E-state index contributed by atoms with van der Waals surface area (Å²) in [6.45, 7) is -0.751. The summed E-state index contributed by atoms with van der Waals surface area (Å²) < 4.78 is 23.0. The molecule has 0 fully saturated rings. The van der Waals surface area contributed by atoms with Crippen molar-refractivity contribution in [3.05, 3.63) is 72.5 Å². The third kappa shape index (κ3) is 4.80. The molecule has 0 saturated heterocycles. The Balaban J connectivity index is 1.44. The molecule has 0 atom stereocenters. The summed E-state index contributed by atoms with van der Waals surface area (Å²) in [7, 11) is 0.